The molecule has 0 fully saturated rings. The van der Waals surface area contributed by atoms with E-state index >= 15 is 0 Å². The SMILES string of the molecule is C=CCCC(=O)N(C)OC(=C)CCCCCCC/C=C\C/C=C\CCCSC.CC.CCC. The first-order valence-corrected chi connectivity index (χ1v) is 14.4. The Balaban J connectivity index is -0.00000165. The van der Waals surface area contributed by atoms with Crippen LogP contribution in [0.1, 0.15) is 111 Å². The van der Waals surface area contributed by atoms with Gasteiger partial charge in [0.15, 0.2) is 0 Å². The van der Waals surface area contributed by atoms with Gasteiger partial charge in [0.05, 0.1) is 0 Å². The van der Waals surface area contributed by atoms with Crippen molar-refractivity contribution in [3.05, 3.63) is 49.3 Å². The van der Waals surface area contributed by atoms with Gasteiger partial charge in [0.25, 0.3) is 5.91 Å². The topological polar surface area (TPSA) is 29.5 Å². The standard InChI is InChI=1S/C24H41NO2S.C3H8.C2H6/c1-5-6-21-24(26)25(3)27-23(2)20-18-16-14-12-10-8-7-9-11-13-15-17-19-22-28-4;1-3-2;1-2/h5,7,9,13,15H,1-2,6,8,10-12,14,16-22H2,3-4H3;3H2,1-2H3;1-2H3/b9-7-,15-13-;;. The van der Waals surface area contributed by atoms with E-state index in [1.165, 1.54) is 62.2 Å². The Morgan fingerprint density at radius 3 is 2.00 bits per heavy atom. The minimum atomic E-state index is -0.0415. The van der Waals surface area contributed by atoms with Gasteiger partial charge >= 0.3 is 0 Å². The van der Waals surface area contributed by atoms with Crippen molar-refractivity contribution in [2.75, 3.05) is 19.1 Å². The average Bonchev–Trinajstić information content (AvgIpc) is 2.81. The van der Waals surface area contributed by atoms with Crippen LogP contribution < -0.4 is 0 Å². The highest BCUT2D eigenvalue weighted by Crippen LogP contribution is 2.13. The number of carbonyl (C=O) groups excluding carboxylic acids is 1. The van der Waals surface area contributed by atoms with E-state index in [2.05, 4.69) is 57.6 Å². The second-order valence-corrected chi connectivity index (χ2v) is 8.66. The van der Waals surface area contributed by atoms with Crippen LogP contribution in [0, 0.1) is 0 Å². The summed E-state index contributed by atoms with van der Waals surface area (Å²) in [6.45, 7) is 15.8. The van der Waals surface area contributed by atoms with Gasteiger partial charge in [0.2, 0.25) is 0 Å². The summed E-state index contributed by atoms with van der Waals surface area (Å²) in [6, 6.07) is 0. The maximum absolute atomic E-state index is 11.8. The number of carbonyl (C=O) groups is 1. The van der Waals surface area contributed by atoms with Crippen molar-refractivity contribution in [1.82, 2.24) is 5.06 Å². The molecule has 0 unspecified atom stereocenters. The van der Waals surface area contributed by atoms with E-state index < -0.39 is 0 Å². The summed E-state index contributed by atoms with van der Waals surface area (Å²) in [7, 11) is 1.64. The minimum Gasteiger partial charge on any atom is -0.382 e. The van der Waals surface area contributed by atoms with E-state index in [9.17, 15) is 4.79 Å². The summed E-state index contributed by atoms with van der Waals surface area (Å²) in [5, 5.41) is 1.29. The van der Waals surface area contributed by atoms with E-state index in [1.807, 2.05) is 25.6 Å². The first-order valence-electron chi connectivity index (χ1n) is 13.0. The second kappa shape index (κ2) is 32.8. The third-order valence-electron chi connectivity index (χ3n) is 4.33. The molecule has 33 heavy (non-hydrogen) atoms. The molecule has 0 aliphatic rings. The van der Waals surface area contributed by atoms with Crippen LogP contribution in [0.15, 0.2) is 49.3 Å². The molecule has 0 atom stereocenters. The zero-order valence-electron chi connectivity index (χ0n) is 22.9. The molecule has 3 nitrogen and oxygen atoms in total. The maximum Gasteiger partial charge on any atom is 0.255 e. The molecule has 0 bridgehead atoms. The highest BCUT2D eigenvalue weighted by Gasteiger charge is 2.09. The fraction of sp³-hybridized carbons (Fsp3) is 0.690. The molecule has 0 radical (unpaired) electrons. The number of allylic oxidation sites excluding steroid dienone is 6. The summed E-state index contributed by atoms with van der Waals surface area (Å²) in [5.41, 5.74) is 0. The van der Waals surface area contributed by atoms with Crippen LogP contribution in [0.25, 0.3) is 0 Å². The van der Waals surface area contributed by atoms with E-state index in [-0.39, 0.29) is 5.91 Å². The highest BCUT2D eigenvalue weighted by atomic mass is 32.2. The molecule has 0 saturated carbocycles. The lowest BCUT2D eigenvalue weighted by Crippen LogP contribution is -2.26. The van der Waals surface area contributed by atoms with Gasteiger partial charge in [-0.2, -0.15) is 16.8 Å². The maximum atomic E-state index is 11.8. The van der Waals surface area contributed by atoms with Gasteiger partial charge in [-0.3, -0.25) is 4.79 Å². The van der Waals surface area contributed by atoms with Crippen molar-refractivity contribution >= 4 is 17.7 Å². The lowest BCUT2D eigenvalue weighted by atomic mass is 10.1. The van der Waals surface area contributed by atoms with Gasteiger partial charge in [-0.1, -0.05) is 90.3 Å². The highest BCUT2D eigenvalue weighted by molar-refractivity contribution is 7.98. The number of hydroxylamine groups is 2. The van der Waals surface area contributed by atoms with Gasteiger partial charge < -0.3 is 4.84 Å². The van der Waals surface area contributed by atoms with Crippen molar-refractivity contribution < 1.29 is 9.63 Å². The molecule has 0 aliphatic carbocycles. The predicted molar refractivity (Wildman–Crippen MR) is 153 cm³/mol. The van der Waals surface area contributed by atoms with Gasteiger partial charge in [0.1, 0.15) is 5.76 Å². The minimum absolute atomic E-state index is 0.0415. The van der Waals surface area contributed by atoms with Gasteiger partial charge in [-0.25, -0.2) is 0 Å². The largest absolute Gasteiger partial charge is 0.382 e. The molecule has 0 N–H and O–H groups in total. The van der Waals surface area contributed by atoms with E-state index in [4.69, 9.17) is 4.84 Å². The third kappa shape index (κ3) is 32.8. The first kappa shape index (κ1) is 36.2. The molecule has 4 heteroatoms. The van der Waals surface area contributed by atoms with E-state index in [0.717, 1.165) is 19.3 Å². The molecule has 0 aromatic heterocycles. The Morgan fingerprint density at radius 1 is 0.879 bits per heavy atom. The van der Waals surface area contributed by atoms with Gasteiger partial charge in [0, 0.05) is 19.9 Å². The van der Waals surface area contributed by atoms with Crippen LogP contribution in [0.3, 0.4) is 0 Å². The fourth-order valence-corrected chi connectivity index (χ4v) is 3.10. The molecule has 194 valence electrons. The molecule has 0 rings (SSSR count). The lowest BCUT2D eigenvalue weighted by Gasteiger charge is -2.18. The van der Waals surface area contributed by atoms with Crippen molar-refractivity contribution in [2.45, 2.75) is 111 Å². The molecule has 0 saturated heterocycles. The average molecular weight is 482 g/mol. The number of thioether (sulfide) groups is 1. The van der Waals surface area contributed by atoms with Crippen LogP contribution in [0.2, 0.25) is 0 Å². The van der Waals surface area contributed by atoms with Crippen LogP contribution in [-0.2, 0) is 9.63 Å². The Morgan fingerprint density at radius 2 is 1.42 bits per heavy atom. The zero-order chi connectivity index (χ0) is 25.6. The van der Waals surface area contributed by atoms with Crippen LogP contribution in [-0.4, -0.2) is 30.0 Å². The number of amides is 1. The van der Waals surface area contributed by atoms with Crippen LogP contribution in [0.4, 0.5) is 0 Å². The smallest absolute Gasteiger partial charge is 0.255 e. The fourth-order valence-electron chi connectivity index (χ4n) is 2.64. The Kier molecular flexibility index (Phi) is 35.9. The number of rotatable bonds is 19. The summed E-state index contributed by atoms with van der Waals surface area (Å²) in [4.78, 5) is 17.2. The summed E-state index contributed by atoms with van der Waals surface area (Å²) >= 11 is 1.92. The summed E-state index contributed by atoms with van der Waals surface area (Å²) in [5.74, 6) is 1.88. The lowest BCUT2D eigenvalue weighted by molar-refractivity contribution is -0.166. The molecular weight excluding hydrogens is 426 g/mol. The molecule has 0 aromatic rings. The van der Waals surface area contributed by atoms with Crippen LogP contribution >= 0.6 is 11.8 Å². The van der Waals surface area contributed by atoms with Gasteiger partial charge in [-0.05, 0) is 57.0 Å². The number of nitrogens with zero attached hydrogens (tertiary/aromatic N) is 1. The number of unbranched alkanes of at least 4 members (excludes halogenated alkanes) is 6. The first-order chi connectivity index (χ1) is 16.0. The molecule has 0 aliphatic heterocycles. The second-order valence-electron chi connectivity index (χ2n) is 7.68. The predicted octanol–water partition coefficient (Wildman–Crippen LogP) is 9.68. The third-order valence-corrected chi connectivity index (χ3v) is 5.03. The van der Waals surface area contributed by atoms with Gasteiger partial charge in [-0.15, -0.1) is 6.58 Å². The molecule has 0 heterocycles. The van der Waals surface area contributed by atoms with E-state index in [0.29, 0.717) is 18.6 Å². The van der Waals surface area contributed by atoms with E-state index in [1.54, 1.807) is 13.1 Å². The van der Waals surface area contributed by atoms with Crippen molar-refractivity contribution in [1.29, 1.82) is 0 Å². The molecule has 0 spiro atoms. The molecule has 0 aromatic carbocycles. The zero-order valence-corrected chi connectivity index (χ0v) is 23.7. The van der Waals surface area contributed by atoms with Crippen LogP contribution in [0.5, 0.6) is 0 Å². The number of hydrogen-bond acceptors (Lipinski definition) is 3. The van der Waals surface area contributed by atoms with Crippen molar-refractivity contribution in [3.63, 3.8) is 0 Å². The normalized spacial score (nSPS) is 10.2. The molecular formula is C29H55NO2S. The Hall–Kier alpha value is -1.42. The molecule has 1 amide bonds. The monoisotopic (exact) mass is 481 g/mol. The van der Waals surface area contributed by atoms with Crippen molar-refractivity contribution in [2.24, 2.45) is 0 Å². The Bertz CT molecular complexity index is 486. The Labute approximate surface area is 211 Å². The number of hydrogen-bond donors (Lipinski definition) is 0. The summed E-state index contributed by atoms with van der Waals surface area (Å²) in [6.07, 6.45) is 26.9. The van der Waals surface area contributed by atoms with Crippen molar-refractivity contribution in [3.8, 4) is 0 Å². The summed E-state index contributed by atoms with van der Waals surface area (Å²) < 4.78 is 0. The quantitative estimate of drug-likeness (QED) is 0.0795.